The summed E-state index contributed by atoms with van der Waals surface area (Å²) in [5.41, 5.74) is 11.3. The highest BCUT2D eigenvalue weighted by Crippen LogP contribution is 2.32. The van der Waals surface area contributed by atoms with Crippen LogP contribution < -0.4 is 21.5 Å². The maximum absolute atomic E-state index is 13.9. The summed E-state index contributed by atoms with van der Waals surface area (Å²) < 4.78 is 9.23. The standard InChI is InChI=1S/C24H29N5O4S2/c1-5-24(2,3)27-22(31)19(14-8-10-15(33-4)11-9-14)29(13-16-7-6-12-34-16)23(32)20-17(25)18(21(26)30)28-35-20/h6-12,19H,5,13,25H2,1-4H3,(H2,26,30)(H,27,31). The molecule has 9 nitrogen and oxygen atoms in total. The van der Waals surface area contributed by atoms with Gasteiger partial charge < -0.3 is 26.4 Å². The second-order valence-corrected chi connectivity index (χ2v) is 10.4. The van der Waals surface area contributed by atoms with Gasteiger partial charge in [0.15, 0.2) is 5.69 Å². The molecule has 0 aliphatic rings. The Morgan fingerprint density at radius 1 is 1.20 bits per heavy atom. The van der Waals surface area contributed by atoms with Gasteiger partial charge in [-0.1, -0.05) is 25.1 Å². The number of hydrogen-bond donors (Lipinski definition) is 3. The molecule has 3 amide bonds. The Morgan fingerprint density at radius 3 is 2.40 bits per heavy atom. The summed E-state index contributed by atoms with van der Waals surface area (Å²) in [5, 5.41) is 4.96. The zero-order chi connectivity index (χ0) is 25.8. The summed E-state index contributed by atoms with van der Waals surface area (Å²) in [5.74, 6) is -1.07. The normalized spacial score (nSPS) is 12.1. The molecule has 0 aliphatic carbocycles. The number of hydrogen-bond acceptors (Lipinski definition) is 8. The summed E-state index contributed by atoms with van der Waals surface area (Å²) in [6, 6.07) is 9.75. The fourth-order valence-electron chi connectivity index (χ4n) is 3.36. The quantitative estimate of drug-likeness (QED) is 0.377. The third-order valence-corrected chi connectivity index (χ3v) is 7.37. The van der Waals surface area contributed by atoms with Crippen LogP contribution in [0.5, 0.6) is 5.75 Å². The molecule has 1 aromatic carbocycles. The number of nitrogens with two attached hydrogens (primary N) is 2. The van der Waals surface area contributed by atoms with Crippen LogP contribution in [0.3, 0.4) is 0 Å². The van der Waals surface area contributed by atoms with Crippen molar-refractivity contribution in [2.24, 2.45) is 5.73 Å². The average Bonchev–Trinajstić information content (AvgIpc) is 3.48. The van der Waals surface area contributed by atoms with E-state index in [0.29, 0.717) is 17.7 Å². The van der Waals surface area contributed by atoms with E-state index in [2.05, 4.69) is 9.69 Å². The Kier molecular flexibility index (Phi) is 8.13. The fourth-order valence-corrected chi connectivity index (χ4v) is 4.82. The third kappa shape index (κ3) is 5.98. The van der Waals surface area contributed by atoms with Gasteiger partial charge in [-0.25, -0.2) is 0 Å². The molecule has 0 spiro atoms. The smallest absolute Gasteiger partial charge is 0.270 e. The average molecular weight is 516 g/mol. The van der Waals surface area contributed by atoms with Gasteiger partial charge in [0.25, 0.3) is 11.8 Å². The maximum Gasteiger partial charge on any atom is 0.270 e. The largest absolute Gasteiger partial charge is 0.497 e. The molecule has 0 aliphatic heterocycles. The highest BCUT2D eigenvalue weighted by Gasteiger charge is 2.36. The first-order chi connectivity index (χ1) is 16.6. The van der Waals surface area contributed by atoms with Crippen LogP contribution in [0.2, 0.25) is 0 Å². The van der Waals surface area contributed by atoms with Crippen LogP contribution in [-0.2, 0) is 11.3 Å². The van der Waals surface area contributed by atoms with E-state index < -0.39 is 23.4 Å². The number of nitrogen functional groups attached to an aromatic ring is 1. The zero-order valence-electron chi connectivity index (χ0n) is 20.0. The minimum Gasteiger partial charge on any atom is -0.497 e. The van der Waals surface area contributed by atoms with E-state index in [1.165, 1.54) is 16.2 Å². The molecule has 5 N–H and O–H groups in total. The van der Waals surface area contributed by atoms with Crippen molar-refractivity contribution in [1.29, 1.82) is 0 Å². The number of carbonyl (C=O) groups is 3. The molecular formula is C24H29N5O4S2. The second kappa shape index (κ2) is 10.9. The Hall–Kier alpha value is -3.44. The van der Waals surface area contributed by atoms with E-state index in [1.807, 2.05) is 38.3 Å². The van der Waals surface area contributed by atoms with Gasteiger partial charge in [0.05, 0.1) is 19.3 Å². The van der Waals surface area contributed by atoms with Gasteiger partial charge in [-0.15, -0.1) is 11.3 Å². The molecule has 1 unspecified atom stereocenters. The van der Waals surface area contributed by atoms with Crippen molar-refractivity contribution in [2.45, 2.75) is 45.3 Å². The predicted octanol–water partition coefficient (Wildman–Crippen LogP) is 3.58. The number of aromatic nitrogens is 1. The number of benzene rings is 1. The van der Waals surface area contributed by atoms with E-state index in [9.17, 15) is 14.4 Å². The van der Waals surface area contributed by atoms with Gasteiger partial charge in [-0.3, -0.25) is 14.4 Å². The molecule has 35 heavy (non-hydrogen) atoms. The van der Waals surface area contributed by atoms with Crippen LogP contribution in [0.4, 0.5) is 5.69 Å². The molecule has 3 aromatic rings. The van der Waals surface area contributed by atoms with Crippen molar-refractivity contribution in [3.63, 3.8) is 0 Å². The fraction of sp³-hybridized carbons (Fsp3) is 0.333. The SMILES string of the molecule is CCC(C)(C)NC(=O)C(c1ccc(OC)cc1)N(Cc1cccs1)C(=O)c1snc(C(N)=O)c1N. The molecule has 3 rings (SSSR count). The number of primary amides is 1. The Balaban J connectivity index is 2.13. The zero-order valence-corrected chi connectivity index (χ0v) is 21.7. The van der Waals surface area contributed by atoms with Gasteiger partial charge in [-0.05, 0) is 60.9 Å². The molecule has 2 aromatic heterocycles. The maximum atomic E-state index is 13.9. The second-order valence-electron chi connectivity index (χ2n) is 8.55. The number of rotatable bonds is 10. The number of nitrogens with zero attached hydrogens (tertiary/aromatic N) is 2. The lowest BCUT2D eigenvalue weighted by Gasteiger charge is -2.34. The summed E-state index contributed by atoms with van der Waals surface area (Å²) in [7, 11) is 1.55. The van der Waals surface area contributed by atoms with E-state index in [0.717, 1.165) is 16.4 Å². The number of carbonyl (C=O) groups excluding carboxylic acids is 3. The van der Waals surface area contributed by atoms with Crippen LogP contribution in [0.1, 0.15) is 63.8 Å². The van der Waals surface area contributed by atoms with Crippen molar-refractivity contribution in [3.05, 3.63) is 62.8 Å². The Bertz CT molecular complexity index is 1190. The van der Waals surface area contributed by atoms with Crippen LogP contribution >= 0.6 is 22.9 Å². The van der Waals surface area contributed by atoms with Gasteiger partial charge >= 0.3 is 0 Å². The van der Waals surface area contributed by atoms with Crippen molar-refractivity contribution in [3.8, 4) is 5.75 Å². The van der Waals surface area contributed by atoms with E-state index in [1.54, 1.807) is 31.4 Å². The van der Waals surface area contributed by atoms with Crippen molar-refractivity contribution in [2.75, 3.05) is 12.8 Å². The highest BCUT2D eigenvalue weighted by atomic mass is 32.1. The number of anilines is 1. The molecule has 1 atom stereocenters. The first kappa shape index (κ1) is 26.2. The van der Waals surface area contributed by atoms with E-state index >= 15 is 0 Å². The summed E-state index contributed by atoms with van der Waals surface area (Å²) in [6.07, 6.45) is 0.691. The van der Waals surface area contributed by atoms with E-state index in [-0.39, 0.29) is 28.7 Å². The predicted molar refractivity (Wildman–Crippen MR) is 137 cm³/mol. The lowest BCUT2D eigenvalue weighted by Crippen LogP contribution is -2.50. The van der Waals surface area contributed by atoms with Gasteiger partial charge in [0, 0.05) is 10.4 Å². The van der Waals surface area contributed by atoms with Crippen LogP contribution in [0, 0.1) is 0 Å². The first-order valence-corrected chi connectivity index (χ1v) is 12.6. The van der Waals surface area contributed by atoms with Crippen LogP contribution in [0.25, 0.3) is 0 Å². The first-order valence-electron chi connectivity index (χ1n) is 10.9. The molecular weight excluding hydrogens is 486 g/mol. The lowest BCUT2D eigenvalue weighted by molar-refractivity contribution is -0.127. The summed E-state index contributed by atoms with van der Waals surface area (Å²) in [4.78, 5) is 41.7. The van der Waals surface area contributed by atoms with Gasteiger partial charge in [0.2, 0.25) is 5.91 Å². The Morgan fingerprint density at radius 2 is 1.89 bits per heavy atom. The topological polar surface area (TPSA) is 141 Å². The summed E-state index contributed by atoms with van der Waals surface area (Å²) >= 11 is 2.25. The van der Waals surface area contributed by atoms with Crippen LogP contribution in [-0.4, -0.2) is 39.6 Å². The number of methoxy groups -OCH3 is 1. The molecule has 0 bridgehead atoms. The van der Waals surface area contributed by atoms with E-state index in [4.69, 9.17) is 16.2 Å². The molecule has 186 valence electrons. The molecule has 0 radical (unpaired) electrons. The monoisotopic (exact) mass is 515 g/mol. The third-order valence-electron chi connectivity index (χ3n) is 5.66. The van der Waals surface area contributed by atoms with Crippen molar-refractivity contribution < 1.29 is 19.1 Å². The van der Waals surface area contributed by atoms with Crippen molar-refractivity contribution >= 4 is 46.3 Å². The lowest BCUT2D eigenvalue weighted by atomic mass is 9.98. The molecule has 2 heterocycles. The molecule has 11 heteroatoms. The Labute approximate surface area is 212 Å². The number of amides is 3. The highest BCUT2D eigenvalue weighted by molar-refractivity contribution is 7.10. The number of ether oxygens (including phenoxy) is 1. The van der Waals surface area contributed by atoms with Gasteiger partial charge in [-0.2, -0.15) is 4.37 Å². The molecule has 0 saturated heterocycles. The molecule has 0 saturated carbocycles. The minimum atomic E-state index is -0.986. The van der Waals surface area contributed by atoms with Crippen molar-refractivity contribution in [1.82, 2.24) is 14.6 Å². The number of nitrogens with one attached hydrogen (secondary N) is 1. The molecule has 0 fully saturated rings. The summed E-state index contributed by atoms with van der Waals surface area (Å²) in [6.45, 7) is 5.96. The number of thiophene rings is 1. The van der Waals surface area contributed by atoms with Gasteiger partial charge in [0.1, 0.15) is 16.7 Å². The van der Waals surface area contributed by atoms with Crippen LogP contribution in [0.15, 0.2) is 41.8 Å². The minimum absolute atomic E-state index is 0.0522.